The number of sulfonamides is 1. The molecule has 2 aliphatic rings. The Balaban J connectivity index is 1.45. The molecule has 0 amide bonds. The molecule has 0 aromatic heterocycles. The zero-order chi connectivity index (χ0) is 19.4. The fourth-order valence-electron chi connectivity index (χ4n) is 3.78. The summed E-state index contributed by atoms with van der Waals surface area (Å²) in [5, 5.41) is 0.755. The van der Waals surface area contributed by atoms with Crippen molar-refractivity contribution < 1.29 is 13.2 Å². The third-order valence-electron chi connectivity index (χ3n) is 5.43. The van der Waals surface area contributed by atoms with Crippen LogP contribution in [0.2, 0.25) is 5.02 Å². The Labute approximate surface area is 168 Å². The molecule has 3 rings (SSSR count). The van der Waals surface area contributed by atoms with E-state index in [0.29, 0.717) is 12.5 Å². The van der Waals surface area contributed by atoms with Gasteiger partial charge in [0.2, 0.25) is 10.0 Å². The van der Waals surface area contributed by atoms with Crippen LogP contribution >= 0.6 is 11.6 Å². The minimum absolute atomic E-state index is 0.0155. The lowest BCUT2D eigenvalue weighted by Gasteiger charge is -2.37. The number of likely N-dealkylation sites (tertiary alicyclic amines) is 1. The third kappa shape index (κ3) is 5.47. The predicted octanol–water partition coefficient (Wildman–Crippen LogP) is 3.54. The number of halogens is 1. The van der Waals surface area contributed by atoms with Gasteiger partial charge in [-0.25, -0.2) is 12.7 Å². The summed E-state index contributed by atoms with van der Waals surface area (Å²) in [5.41, 5.74) is 1.14. The van der Waals surface area contributed by atoms with Gasteiger partial charge in [-0.3, -0.25) is 4.90 Å². The zero-order valence-electron chi connectivity index (χ0n) is 15.9. The maximum atomic E-state index is 12.0. The lowest BCUT2D eigenvalue weighted by Crippen LogP contribution is -2.42. The van der Waals surface area contributed by atoms with Gasteiger partial charge < -0.3 is 4.74 Å². The van der Waals surface area contributed by atoms with E-state index in [1.807, 2.05) is 12.1 Å². The molecule has 27 heavy (non-hydrogen) atoms. The van der Waals surface area contributed by atoms with Gasteiger partial charge in [-0.1, -0.05) is 23.7 Å². The quantitative estimate of drug-likeness (QED) is 0.582. The van der Waals surface area contributed by atoms with Gasteiger partial charge in [-0.15, -0.1) is 6.58 Å². The SMILES string of the molecule is C=CCS(=O)(=O)N(C)CC1CC(Oc2ccc(CN3CCCC3)c(Cl)c2)C1. The van der Waals surface area contributed by atoms with Crippen LogP contribution in [-0.4, -0.2) is 56.2 Å². The van der Waals surface area contributed by atoms with Crippen LogP contribution in [0.25, 0.3) is 0 Å². The van der Waals surface area contributed by atoms with Crippen molar-refractivity contribution in [3.8, 4) is 5.75 Å². The molecule has 1 aliphatic carbocycles. The minimum atomic E-state index is -3.23. The highest BCUT2D eigenvalue weighted by Gasteiger charge is 2.33. The maximum absolute atomic E-state index is 12.0. The summed E-state index contributed by atoms with van der Waals surface area (Å²) in [4.78, 5) is 2.43. The van der Waals surface area contributed by atoms with E-state index in [0.717, 1.165) is 48.8 Å². The third-order valence-corrected chi connectivity index (χ3v) is 7.54. The highest BCUT2D eigenvalue weighted by atomic mass is 35.5. The van der Waals surface area contributed by atoms with Crippen molar-refractivity contribution in [1.29, 1.82) is 0 Å². The first-order chi connectivity index (χ1) is 12.9. The molecule has 7 heteroatoms. The first kappa shape index (κ1) is 20.6. The molecule has 0 spiro atoms. The van der Waals surface area contributed by atoms with Crippen molar-refractivity contribution in [3.63, 3.8) is 0 Å². The average Bonchev–Trinajstić information content (AvgIpc) is 3.08. The smallest absolute Gasteiger partial charge is 0.217 e. The molecule has 150 valence electrons. The monoisotopic (exact) mass is 412 g/mol. The van der Waals surface area contributed by atoms with Crippen molar-refractivity contribution in [1.82, 2.24) is 9.21 Å². The Morgan fingerprint density at radius 3 is 2.67 bits per heavy atom. The summed E-state index contributed by atoms with van der Waals surface area (Å²) in [6.45, 7) is 7.23. The molecule has 0 bridgehead atoms. The van der Waals surface area contributed by atoms with Crippen LogP contribution in [-0.2, 0) is 16.6 Å². The Kier molecular flexibility index (Phi) is 6.84. The number of benzene rings is 1. The predicted molar refractivity (Wildman–Crippen MR) is 110 cm³/mol. The lowest BCUT2D eigenvalue weighted by molar-refractivity contribution is 0.0576. The van der Waals surface area contributed by atoms with Gasteiger partial charge in [0, 0.05) is 25.2 Å². The Morgan fingerprint density at radius 2 is 2.04 bits per heavy atom. The van der Waals surface area contributed by atoms with Crippen molar-refractivity contribution in [2.75, 3.05) is 32.4 Å². The summed E-state index contributed by atoms with van der Waals surface area (Å²) in [6, 6.07) is 5.95. The molecule has 0 atom stereocenters. The van der Waals surface area contributed by atoms with E-state index >= 15 is 0 Å². The topological polar surface area (TPSA) is 49.9 Å². The number of hydrogen-bond donors (Lipinski definition) is 0. The molecule has 5 nitrogen and oxygen atoms in total. The van der Waals surface area contributed by atoms with E-state index < -0.39 is 10.0 Å². The largest absolute Gasteiger partial charge is 0.490 e. The highest BCUT2D eigenvalue weighted by Crippen LogP contribution is 2.34. The first-order valence-electron chi connectivity index (χ1n) is 9.59. The van der Waals surface area contributed by atoms with E-state index in [1.165, 1.54) is 23.2 Å². The summed E-state index contributed by atoms with van der Waals surface area (Å²) in [7, 11) is -1.59. The molecular weight excluding hydrogens is 384 g/mol. The highest BCUT2D eigenvalue weighted by molar-refractivity contribution is 7.89. The number of rotatable bonds is 9. The normalized spacial score (nSPS) is 23.4. The Morgan fingerprint density at radius 1 is 1.33 bits per heavy atom. The number of nitrogens with zero attached hydrogens (tertiary/aromatic N) is 2. The van der Waals surface area contributed by atoms with Crippen LogP contribution in [0.3, 0.4) is 0 Å². The Hall–Kier alpha value is -1.08. The van der Waals surface area contributed by atoms with Gasteiger partial charge in [0.1, 0.15) is 5.75 Å². The van der Waals surface area contributed by atoms with Gasteiger partial charge >= 0.3 is 0 Å². The summed E-state index contributed by atoms with van der Waals surface area (Å²) in [6.07, 6.45) is 5.82. The van der Waals surface area contributed by atoms with Crippen LogP contribution in [0.15, 0.2) is 30.9 Å². The van der Waals surface area contributed by atoms with Gasteiger partial charge in [-0.2, -0.15) is 0 Å². The molecular formula is C20H29ClN2O3S. The van der Waals surface area contributed by atoms with Gasteiger partial charge in [0.15, 0.2) is 0 Å². The summed E-state index contributed by atoms with van der Waals surface area (Å²) < 4.78 is 31.4. The lowest BCUT2D eigenvalue weighted by atomic mass is 9.82. The molecule has 0 radical (unpaired) electrons. The fourth-order valence-corrected chi connectivity index (χ4v) is 5.00. The molecule has 0 N–H and O–H groups in total. The van der Waals surface area contributed by atoms with Crippen molar-refractivity contribution in [2.24, 2.45) is 5.92 Å². The second-order valence-electron chi connectivity index (χ2n) is 7.66. The van der Waals surface area contributed by atoms with E-state index in [4.69, 9.17) is 16.3 Å². The van der Waals surface area contributed by atoms with E-state index in [9.17, 15) is 8.42 Å². The van der Waals surface area contributed by atoms with Crippen molar-refractivity contribution >= 4 is 21.6 Å². The molecule has 2 fully saturated rings. The number of hydrogen-bond acceptors (Lipinski definition) is 4. The fraction of sp³-hybridized carbons (Fsp3) is 0.600. The van der Waals surface area contributed by atoms with Crippen LogP contribution in [0.1, 0.15) is 31.2 Å². The van der Waals surface area contributed by atoms with Crippen molar-refractivity contribution in [3.05, 3.63) is 41.4 Å². The van der Waals surface area contributed by atoms with Crippen LogP contribution < -0.4 is 4.74 Å². The summed E-state index contributed by atoms with van der Waals surface area (Å²) in [5.74, 6) is 1.11. The molecule has 1 aromatic carbocycles. The van der Waals surface area contributed by atoms with E-state index in [2.05, 4.69) is 17.5 Å². The van der Waals surface area contributed by atoms with Crippen LogP contribution in [0.4, 0.5) is 0 Å². The minimum Gasteiger partial charge on any atom is -0.490 e. The molecule has 1 saturated carbocycles. The second kappa shape index (κ2) is 8.95. The standard InChI is InChI=1S/C20H29ClN2O3S/c1-3-10-27(24,25)22(2)14-16-11-19(12-16)26-18-7-6-17(20(21)13-18)15-23-8-4-5-9-23/h3,6-7,13,16,19H,1,4-5,8-12,14-15H2,2H3. The number of ether oxygens (including phenoxy) is 1. The molecule has 1 heterocycles. The van der Waals surface area contributed by atoms with Gasteiger partial charge in [0.05, 0.1) is 11.9 Å². The van der Waals surface area contributed by atoms with Crippen LogP contribution in [0, 0.1) is 5.92 Å². The van der Waals surface area contributed by atoms with E-state index in [-0.39, 0.29) is 11.9 Å². The van der Waals surface area contributed by atoms with Gasteiger partial charge in [0.25, 0.3) is 0 Å². The average molecular weight is 413 g/mol. The summed E-state index contributed by atoms with van der Waals surface area (Å²) >= 11 is 6.44. The van der Waals surface area contributed by atoms with Crippen LogP contribution in [0.5, 0.6) is 5.75 Å². The molecule has 0 unspecified atom stereocenters. The van der Waals surface area contributed by atoms with Gasteiger partial charge in [-0.05, 0) is 62.4 Å². The second-order valence-corrected chi connectivity index (χ2v) is 10.2. The molecule has 1 aromatic rings. The molecule has 1 saturated heterocycles. The Bertz CT molecular complexity index is 756. The molecule has 1 aliphatic heterocycles. The van der Waals surface area contributed by atoms with E-state index in [1.54, 1.807) is 7.05 Å². The maximum Gasteiger partial charge on any atom is 0.217 e. The van der Waals surface area contributed by atoms with Crippen molar-refractivity contribution in [2.45, 2.75) is 38.3 Å². The zero-order valence-corrected chi connectivity index (χ0v) is 17.5. The first-order valence-corrected chi connectivity index (χ1v) is 11.6.